The lowest BCUT2D eigenvalue weighted by Gasteiger charge is -2.14. The SMILES string of the molecule is CCCNC(c1cc2c(Br)c(OC)cc(Br)c2o1)C1CC1. The largest absolute Gasteiger partial charge is 0.496 e. The van der Waals surface area contributed by atoms with E-state index in [0.29, 0.717) is 12.0 Å². The molecule has 1 saturated carbocycles. The summed E-state index contributed by atoms with van der Waals surface area (Å²) >= 11 is 7.19. The summed E-state index contributed by atoms with van der Waals surface area (Å²) in [6.07, 6.45) is 3.69. The van der Waals surface area contributed by atoms with Gasteiger partial charge in [-0.05, 0) is 75.7 Å². The van der Waals surface area contributed by atoms with E-state index in [9.17, 15) is 0 Å². The van der Waals surface area contributed by atoms with Crippen LogP contribution in [-0.2, 0) is 0 Å². The summed E-state index contributed by atoms with van der Waals surface area (Å²) in [7, 11) is 1.68. The summed E-state index contributed by atoms with van der Waals surface area (Å²) in [6.45, 7) is 3.21. The molecule has 1 aliphatic carbocycles. The van der Waals surface area contributed by atoms with Gasteiger partial charge >= 0.3 is 0 Å². The predicted octanol–water partition coefficient (Wildman–Crippen LogP) is 5.42. The lowest BCUT2D eigenvalue weighted by atomic mass is 10.1. The fourth-order valence-electron chi connectivity index (χ4n) is 2.66. The van der Waals surface area contributed by atoms with E-state index in [1.807, 2.05) is 6.07 Å². The molecule has 1 atom stereocenters. The Kier molecular flexibility index (Phi) is 4.62. The van der Waals surface area contributed by atoms with Crippen LogP contribution in [0.25, 0.3) is 11.0 Å². The van der Waals surface area contributed by atoms with Gasteiger partial charge in [0, 0.05) is 5.39 Å². The van der Waals surface area contributed by atoms with Crippen LogP contribution in [0, 0.1) is 5.92 Å². The number of rotatable bonds is 6. The van der Waals surface area contributed by atoms with Gasteiger partial charge in [-0.15, -0.1) is 0 Å². The second-order valence-electron chi connectivity index (χ2n) is 5.54. The van der Waals surface area contributed by atoms with Crippen LogP contribution >= 0.6 is 31.9 Å². The van der Waals surface area contributed by atoms with Gasteiger partial charge in [0.15, 0.2) is 0 Å². The quantitative estimate of drug-likeness (QED) is 0.682. The lowest BCUT2D eigenvalue weighted by molar-refractivity contribution is 0.396. The van der Waals surface area contributed by atoms with E-state index in [0.717, 1.165) is 44.4 Å². The Hall–Kier alpha value is -0.520. The minimum atomic E-state index is 0.321. The van der Waals surface area contributed by atoms with Crippen molar-refractivity contribution in [3.63, 3.8) is 0 Å². The summed E-state index contributed by atoms with van der Waals surface area (Å²) in [5, 5.41) is 4.68. The van der Waals surface area contributed by atoms with Crippen molar-refractivity contribution in [2.24, 2.45) is 5.92 Å². The van der Waals surface area contributed by atoms with Gasteiger partial charge < -0.3 is 14.5 Å². The number of methoxy groups -OCH3 is 1. The third kappa shape index (κ3) is 3.01. The molecule has 3 nitrogen and oxygen atoms in total. The number of fused-ring (bicyclic) bond motifs is 1. The maximum Gasteiger partial charge on any atom is 0.149 e. The summed E-state index contributed by atoms with van der Waals surface area (Å²) in [5.74, 6) is 2.54. The van der Waals surface area contributed by atoms with E-state index in [-0.39, 0.29) is 0 Å². The van der Waals surface area contributed by atoms with E-state index in [4.69, 9.17) is 9.15 Å². The first-order chi connectivity index (χ1) is 10.2. The van der Waals surface area contributed by atoms with Crippen LogP contribution in [0.5, 0.6) is 5.75 Å². The van der Waals surface area contributed by atoms with Crippen LogP contribution in [0.4, 0.5) is 0 Å². The standard InChI is InChI=1S/C16H19Br2NO2/c1-3-6-19-15(9-4-5-9)13-7-10-14(18)12(20-2)8-11(17)16(10)21-13/h7-9,15,19H,3-6H2,1-2H3. The van der Waals surface area contributed by atoms with Crippen LogP contribution in [0.3, 0.4) is 0 Å². The number of halogens is 2. The van der Waals surface area contributed by atoms with Crippen LogP contribution in [-0.4, -0.2) is 13.7 Å². The van der Waals surface area contributed by atoms with Crippen molar-refractivity contribution in [1.82, 2.24) is 5.32 Å². The first kappa shape index (κ1) is 15.4. The normalized spacial score (nSPS) is 16.4. The zero-order valence-electron chi connectivity index (χ0n) is 12.2. The molecule has 114 valence electrons. The van der Waals surface area contributed by atoms with Crippen molar-refractivity contribution in [3.05, 3.63) is 26.8 Å². The number of furan rings is 1. The third-order valence-electron chi connectivity index (χ3n) is 3.91. The molecule has 1 aromatic carbocycles. The van der Waals surface area contributed by atoms with Gasteiger partial charge in [0.1, 0.15) is 17.1 Å². The molecule has 1 unspecified atom stereocenters. The smallest absolute Gasteiger partial charge is 0.149 e. The molecular formula is C16H19Br2NO2. The van der Waals surface area contributed by atoms with Gasteiger partial charge in [-0.25, -0.2) is 0 Å². The Labute approximate surface area is 141 Å². The molecule has 1 aromatic heterocycles. The van der Waals surface area contributed by atoms with Crippen LogP contribution in [0.1, 0.15) is 38.0 Å². The average Bonchev–Trinajstić information content (AvgIpc) is 3.21. The van der Waals surface area contributed by atoms with Gasteiger partial charge in [0.2, 0.25) is 0 Å². The fourth-order valence-corrected chi connectivity index (χ4v) is 3.73. The third-order valence-corrected chi connectivity index (χ3v) is 5.32. The molecule has 0 radical (unpaired) electrons. The lowest BCUT2D eigenvalue weighted by Crippen LogP contribution is -2.23. The highest BCUT2D eigenvalue weighted by molar-refractivity contribution is 9.11. The Morgan fingerprint density at radius 1 is 1.38 bits per heavy atom. The molecule has 1 fully saturated rings. The molecule has 5 heteroatoms. The molecule has 3 rings (SSSR count). The van der Waals surface area contributed by atoms with Gasteiger partial charge in [-0.3, -0.25) is 0 Å². The fraction of sp³-hybridized carbons (Fsp3) is 0.500. The van der Waals surface area contributed by atoms with Gasteiger partial charge in [-0.1, -0.05) is 6.92 Å². The van der Waals surface area contributed by atoms with Crippen LogP contribution < -0.4 is 10.1 Å². The van der Waals surface area contributed by atoms with E-state index in [1.54, 1.807) is 7.11 Å². The molecule has 0 amide bonds. The predicted molar refractivity (Wildman–Crippen MR) is 91.9 cm³/mol. The highest BCUT2D eigenvalue weighted by atomic mass is 79.9. The van der Waals surface area contributed by atoms with E-state index in [1.165, 1.54) is 12.8 Å². The van der Waals surface area contributed by atoms with Crippen molar-refractivity contribution in [3.8, 4) is 5.75 Å². The highest BCUT2D eigenvalue weighted by Crippen LogP contribution is 2.45. The number of nitrogens with one attached hydrogen (secondary N) is 1. The molecule has 1 aliphatic rings. The number of benzene rings is 1. The second kappa shape index (κ2) is 6.31. The van der Waals surface area contributed by atoms with E-state index >= 15 is 0 Å². The second-order valence-corrected chi connectivity index (χ2v) is 7.18. The van der Waals surface area contributed by atoms with Crippen molar-refractivity contribution in [1.29, 1.82) is 0 Å². The highest BCUT2D eigenvalue weighted by Gasteiger charge is 2.34. The zero-order valence-corrected chi connectivity index (χ0v) is 15.4. The zero-order chi connectivity index (χ0) is 15.0. The van der Waals surface area contributed by atoms with Crippen molar-refractivity contribution in [2.75, 3.05) is 13.7 Å². The molecule has 0 bridgehead atoms. The number of ether oxygens (including phenoxy) is 1. The van der Waals surface area contributed by atoms with Gasteiger partial charge in [0.05, 0.1) is 22.1 Å². The monoisotopic (exact) mass is 415 g/mol. The maximum atomic E-state index is 6.14. The molecular weight excluding hydrogens is 398 g/mol. The van der Waals surface area contributed by atoms with E-state index in [2.05, 4.69) is 50.2 Å². The minimum absolute atomic E-state index is 0.321. The molecule has 2 aromatic rings. The molecule has 0 saturated heterocycles. The molecule has 21 heavy (non-hydrogen) atoms. The molecule has 1 N–H and O–H groups in total. The molecule has 0 aliphatic heterocycles. The van der Waals surface area contributed by atoms with Gasteiger partial charge in [-0.2, -0.15) is 0 Å². The number of hydrogen-bond acceptors (Lipinski definition) is 3. The summed E-state index contributed by atoms with van der Waals surface area (Å²) in [6, 6.07) is 4.39. The number of hydrogen-bond donors (Lipinski definition) is 1. The maximum absolute atomic E-state index is 6.14. The van der Waals surface area contributed by atoms with E-state index < -0.39 is 0 Å². The van der Waals surface area contributed by atoms with Crippen molar-refractivity contribution < 1.29 is 9.15 Å². The first-order valence-corrected chi connectivity index (χ1v) is 8.93. The molecule has 0 spiro atoms. The summed E-state index contributed by atoms with van der Waals surface area (Å²) in [5.41, 5.74) is 0.877. The van der Waals surface area contributed by atoms with Crippen molar-refractivity contribution >= 4 is 42.8 Å². The van der Waals surface area contributed by atoms with Crippen LogP contribution in [0.2, 0.25) is 0 Å². The summed E-state index contributed by atoms with van der Waals surface area (Å²) in [4.78, 5) is 0. The topological polar surface area (TPSA) is 34.4 Å². The Morgan fingerprint density at radius 3 is 2.76 bits per heavy atom. The van der Waals surface area contributed by atoms with Gasteiger partial charge in [0.25, 0.3) is 0 Å². The average molecular weight is 417 g/mol. The Balaban J connectivity index is 2.03. The summed E-state index contributed by atoms with van der Waals surface area (Å²) < 4.78 is 13.4. The Bertz CT molecular complexity index is 649. The Morgan fingerprint density at radius 2 is 2.14 bits per heavy atom. The van der Waals surface area contributed by atoms with Crippen molar-refractivity contribution in [2.45, 2.75) is 32.2 Å². The minimum Gasteiger partial charge on any atom is -0.496 e. The van der Waals surface area contributed by atoms with Crippen LogP contribution in [0.15, 0.2) is 25.5 Å². The first-order valence-electron chi connectivity index (χ1n) is 7.34. The molecule has 1 heterocycles.